The maximum atomic E-state index is 11.8. The van der Waals surface area contributed by atoms with Crippen molar-refractivity contribution in [3.8, 4) is 0 Å². The van der Waals surface area contributed by atoms with Crippen molar-refractivity contribution in [2.75, 3.05) is 31.1 Å². The Hall–Kier alpha value is -2.85. The lowest BCUT2D eigenvalue weighted by atomic mass is 10.2. The van der Waals surface area contributed by atoms with E-state index in [0.717, 1.165) is 36.9 Å². The Morgan fingerprint density at radius 2 is 2.00 bits per heavy atom. The van der Waals surface area contributed by atoms with E-state index in [-0.39, 0.29) is 16.2 Å². The first-order chi connectivity index (χ1) is 12.6. The van der Waals surface area contributed by atoms with Crippen LogP contribution in [-0.2, 0) is 6.54 Å². The number of nitrogens with zero attached hydrogens (tertiary/aromatic N) is 6. The molecule has 1 aliphatic rings. The Labute approximate surface area is 152 Å². The van der Waals surface area contributed by atoms with Gasteiger partial charge in [0.1, 0.15) is 0 Å². The summed E-state index contributed by atoms with van der Waals surface area (Å²) in [4.78, 5) is 31.5. The summed E-state index contributed by atoms with van der Waals surface area (Å²) in [5.74, 6) is 0. The quantitative estimate of drug-likeness (QED) is 0.504. The van der Waals surface area contributed by atoms with Gasteiger partial charge in [-0.3, -0.25) is 19.8 Å². The van der Waals surface area contributed by atoms with Crippen LogP contribution >= 0.6 is 11.3 Å². The highest BCUT2D eigenvalue weighted by atomic mass is 32.1. The van der Waals surface area contributed by atoms with Crippen molar-refractivity contribution >= 4 is 27.1 Å². The van der Waals surface area contributed by atoms with Crippen molar-refractivity contribution in [2.24, 2.45) is 0 Å². The van der Waals surface area contributed by atoms with Crippen molar-refractivity contribution in [3.05, 3.63) is 62.6 Å². The van der Waals surface area contributed by atoms with Gasteiger partial charge in [0.15, 0.2) is 0 Å². The van der Waals surface area contributed by atoms with Gasteiger partial charge in [-0.25, -0.2) is 4.98 Å². The van der Waals surface area contributed by atoms with Crippen LogP contribution in [0.4, 0.5) is 10.8 Å². The molecule has 1 fully saturated rings. The van der Waals surface area contributed by atoms with Crippen LogP contribution in [0.5, 0.6) is 0 Å². The number of rotatable bonds is 4. The fourth-order valence-electron chi connectivity index (χ4n) is 2.99. The van der Waals surface area contributed by atoms with Gasteiger partial charge in [-0.15, -0.1) is 5.10 Å². The number of hydrogen-bond donors (Lipinski definition) is 0. The molecule has 134 valence electrons. The molecule has 0 radical (unpaired) electrons. The summed E-state index contributed by atoms with van der Waals surface area (Å²) in [7, 11) is 0. The molecule has 4 rings (SSSR count). The molecule has 0 saturated carbocycles. The summed E-state index contributed by atoms with van der Waals surface area (Å²) in [5, 5.41) is 16.0. The number of anilines is 1. The molecule has 0 N–H and O–H groups in total. The number of hydrogen-bond acceptors (Lipinski definition) is 8. The molecule has 0 spiro atoms. The van der Waals surface area contributed by atoms with Gasteiger partial charge in [-0.2, -0.15) is 4.52 Å². The van der Waals surface area contributed by atoms with Crippen LogP contribution in [0.3, 0.4) is 0 Å². The van der Waals surface area contributed by atoms with E-state index in [1.165, 1.54) is 34.2 Å². The van der Waals surface area contributed by atoms with Crippen LogP contribution in [0.2, 0.25) is 0 Å². The summed E-state index contributed by atoms with van der Waals surface area (Å²) in [6.45, 7) is 3.88. The molecule has 9 nitrogen and oxygen atoms in total. The number of piperazine rings is 1. The van der Waals surface area contributed by atoms with Gasteiger partial charge < -0.3 is 4.90 Å². The largest absolute Gasteiger partial charge is 0.344 e. The molecular weight excluding hydrogens is 356 g/mol. The molecule has 2 aromatic heterocycles. The Balaban J connectivity index is 1.42. The third-order valence-electron chi connectivity index (χ3n) is 4.33. The summed E-state index contributed by atoms with van der Waals surface area (Å²) in [6.07, 6.45) is 1.50. The normalized spacial score (nSPS) is 15.5. The molecular formula is C16H16N6O3S. The van der Waals surface area contributed by atoms with E-state index in [4.69, 9.17) is 0 Å². The van der Waals surface area contributed by atoms with Gasteiger partial charge in [0.25, 0.3) is 11.2 Å². The van der Waals surface area contributed by atoms with Crippen LogP contribution in [0.15, 0.2) is 41.3 Å². The first kappa shape index (κ1) is 16.6. The maximum Gasteiger partial charge on any atom is 0.275 e. The zero-order chi connectivity index (χ0) is 18.1. The van der Waals surface area contributed by atoms with E-state index in [1.54, 1.807) is 12.1 Å². The highest BCUT2D eigenvalue weighted by Gasteiger charge is 2.21. The molecule has 0 bridgehead atoms. The Morgan fingerprint density at radius 1 is 1.19 bits per heavy atom. The summed E-state index contributed by atoms with van der Waals surface area (Å²) in [5.41, 5.74) is 0.874. The number of non-ortho nitro benzene ring substituents is 1. The lowest BCUT2D eigenvalue weighted by Crippen LogP contribution is -2.46. The maximum absolute atomic E-state index is 11.8. The van der Waals surface area contributed by atoms with Gasteiger partial charge in [-0.05, 0) is 5.56 Å². The van der Waals surface area contributed by atoms with Crippen molar-refractivity contribution < 1.29 is 4.92 Å². The summed E-state index contributed by atoms with van der Waals surface area (Å²) < 4.78 is 1.33. The highest BCUT2D eigenvalue weighted by molar-refractivity contribution is 7.20. The molecule has 0 unspecified atom stereocenters. The number of aromatic nitrogens is 3. The second-order valence-corrected chi connectivity index (χ2v) is 6.99. The van der Waals surface area contributed by atoms with Crippen molar-refractivity contribution in [1.29, 1.82) is 0 Å². The average molecular weight is 372 g/mol. The zero-order valence-electron chi connectivity index (χ0n) is 13.8. The van der Waals surface area contributed by atoms with E-state index < -0.39 is 0 Å². The molecule has 3 heterocycles. The lowest BCUT2D eigenvalue weighted by molar-refractivity contribution is -0.384. The van der Waals surface area contributed by atoms with Gasteiger partial charge in [0, 0.05) is 57.1 Å². The second-order valence-electron chi connectivity index (χ2n) is 6.05. The molecule has 1 saturated heterocycles. The van der Waals surface area contributed by atoms with Gasteiger partial charge in [-0.1, -0.05) is 23.5 Å². The molecule has 0 atom stereocenters. The zero-order valence-corrected chi connectivity index (χ0v) is 14.6. The molecule has 0 aliphatic carbocycles. The van der Waals surface area contributed by atoms with Gasteiger partial charge in [0.05, 0.1) is 4.92 Å². The molecule has 0 amide bonds. The molecule has 26 heavy (non-hydrogen) atoms. The SMILES string of the molecule is O=c1ccnc2sc(N3CCN(Cc4cccc([N+](=O)[O-])c4)CC3)nn12. The minimum atomic E-state index is -0.370. The smallest absolute Gasteiger partial charge is 0.275 e. The van der Waals surface area contributed by atoms with E-state index in [2.05, 4.69) is 19.9 Å². The topological polar surface area (TPSA) is 96.9 Å². The van der Waals surface area contributed by atoms with Crippen LogP contribution in [0.1, 0.15) is 5.56 Å². The minimum Gasteiger partial charge on any atom is -0.344 e. The van der Waals surface area contributed by atoms with Gasteiger partial charge in [0.2, 0.25) is 10.1 Å². The Kier molecular flexibility index (Phi) is 4.35. The predicted molar refractivity (Wildman–Crippen MR) is 97.7 cm³/mol. The predicted octanol–water partition coefficient (Wildman–Crippen LogP) is 1.38. The van der Waals surface area contributed by atoms with Crippen molar-refractivity contribution in [1.82, 2.24) is 19.5 Å². The fourth-order valence-corrected chi connectivity index (χ4v) is 3.91. The molecule has 1 aromatic carbocycles. The summed E-state index contributed by atoms with van der Waals surface area (Å²) >= 11 is 1.40. The summed E-state index contributed by atoms with van der Waals surface area (Å²) in [6, 6.07) is 8.15. The standard InChI is InChI=1S/C16H16N6O3S/c23-14-4-5-17-15-21(14)18-16(26-15)20-8-6-19(7-9-20)11-12-2-1-3-13(10-12)22(24)25/h1-5,10H,6-9,11H2. The Bertz CT molecular complexity index is 1010. The highest BCUT2D eigenvalue weighted by Crippen LogP contribution is 2.23. The van der Waals surface area contributed by atoms with Crippen LogP contribution in [-0.4, -0.2) is 50.6 Å². The number of nitro groups is 1. The first-order valence-electron chi connectivity index (χ1n) is 8.16. The third kappa shape index (κ3) is 3.28. The van der Waals surface area contributed by atoms with Gasteiger partial charge >= 0.3 is 0 Å². The number of fused-ring (bicyclic) bond motifs is 1. The van der Waals surface area contributed by atoms with E-state index in [1.807, 2.05) is 6.07 Å². The molecule has 1 aliphatic heterocycles. The monoisotopic (exact) mass is 372 g/mol. The average Bonchev–Trinajstić information content (AvgIpc) is 3.08. The van der Waals surface area contributed by atoms with Crippen LogP contribution < -0.4 is 10.5 Å². The lowest BCUT2D eigenvalue weighted by Gasteiger charge is -2.34. The Morgan fingerprint density at radius 3 is 2.73 bits per heavy atom. The van der Waals surface area contributed by atoms with Crippen molar-refractivity contribution in [2.45, 2.75) is 6.54 Å². The first-order valence-corrected chi connectivity index (χ1v) is 8.97. The third-order valence-corrected chi connectivity index (χ3v) is 5.31. The van der Waals surface area contributed by atoms with E-state index in [0.29, 0.717) is 11.5 Å². The minimum absolute atomic E-state index is 0.119. The molecule has 10 heteroatoms. The fraction of sp³-hybridized carbons (Fsp3) is 0.312. The van der Waals surface area contributed by atoms with Crippen LogP contribution in [0.25, 0.3) is 4.96 Å². The van der Waals surface area contributed by atoms with E-state index in [9.17, 15) is 14.9 Å². The molecule has 3 aromatic rings. The van der Waals surface area contributed by atoms with Crippen LogP contribution in [0, 0.1) is 10.1 Å². The van der Waals surface area contributed by atoms with Crippen molar-refractivity contribution in [3.63, 3.8) is 0 Å². The van der Waals surface area contributed by atoms with E-state index >= 15 is 0 Å². The second kappa shape index (κ2) is 6.81. The number of benzene rings is 1. The number of nitro benzene ring substituents is 1.